The molecule has 16 heteroatoms. The number of aromatic nitrogens is 2. The highest BCUT2D eigenvalue weighted by molar-refractivity contribution is 7.49. The van der Waals surface area contributed by atoms with Crippen LogP contribution in [0, 0.1) is 17.7 Å². The van der Waals surface area contributed by atoms with Crippen LogP contribution in [-0.2, 0) is 27.9 Å². The molecule has 0 saturated carbocycles. The number of phosphoric acid groups is 1. The topological polar surface area (TPSA) is 176 Å². The first kappa shape index (κ1) is 31.2. The molecule has 1 aromatic heterocycles. The number of phosphoric ester groups is 1. The maximum atomic E-state index is 14.0. The van der Waals surface area contributed by atoms with Gasteiger partial charge in [-0.2, -0.15) is 4.39 Å². The zero-order valence-electron chi connectivity index (χ0n) is 21.5. The maximum absolute atomic E-state index is 14.0. The minimum Gasteiger partial charge on any atom is -0.461 e. The van der Waals surface area contributed by atoms with E-state index in [1.165, 1.54) is 19.1 Å². The molecule has 2 aromatic rings. The second-order valence-electron chi connectivity index (χ2n) is 8.76. The van der Waals surface area contributed by atoms with Crippen molar-refractivity contribution in [3.8, 4) is 17.6 Å². The van der Waals surface area contributed by atoms with Gasteiger partial charge < -0.3 is 24.2 Å². The molecule has 218 valence electrons. The number of halogens is 2. The molecule has 3 N–H and O–H groups in total. The Morgan fingerprint density at radius 2 is 1.95 bits per heavy atom. The first-order chi connectivity index (χ1) is 18.8. The van der Waals surface area contributed by atoms with Crippen LogP contribution in [-0.4, -0.2) is 69.0 Å². The zero-order valence-corrected chi connectivity index (χ0v) is 22.4. The molecule has 1 aliphatic rings. The van der Waals surface area contributed by atoms with Gasteiger partial charge in [0.25, 0.3) is 5.56 Å². The number of para-hydroxylation sites is 1. The number of carbonyl (C=O) groups excluding carboxylic acids is 1. The summed E-state index contributed by atoms with van der Waals surface area (Å²) in [5.74, 6) is 1.63. The normalized spacial score (nSPS) is 24.6. The summed E-state index contributed by atoms with van der Waals surface area (Å²) in [5, 5.41) is 21.9. The summed E-state index contributed by atoms with van der Waals surface area (Å²) in [6.45, 7) is 2.27. The SMILES string of the molecule is CC(C)OC(=O)[C@H](C)O[P@](=O)(OC[C@H]1O[C@@H](n2cc(F)c(=O)[nH]c2=O)C(O)(C#CCF)[C@H]1O)Oc1ccccc1. The van der Waals surface area contributed by atoms with Crippen LogP contribution in [0.2, 0.25) is 0 Å². The maximum Gasteiger partial charge on any atom is 0.530 e. The van der Waals surface area contributed by atoms with Crippen molar-refractivity contribution in [1.29, 1.82) is 0 Å². The van der Waals surface area contributed by atoms with E-state index in [9.17, 15) is 37.9 Å². The van der Waals surface area contributed by atoms with E-state index in [-0.39, 0.29) is 5.75 Å². The van der Waals surface area contributed by atoms with Crippen molar-refractivity contribution < 1.29 is 51.4 Å². The van der Waals surface area contributed by atoms with E-state index in [0.29, 0.717) is 10.8 Å². The van der Waals surface area contributed by atoms with Gasteiger partial charge in [0.1, 0.15) is 24.6 Å². The third kappa shape index (κ3) is 7.22. The van der Waals surface area contributed by atoms with E-state index >= 15 is 0 Å². The molecule has 1 fully saturated rings. The van der Waals surface area contributed by atoms with Crippen LogP contribution in [0.3, 0.4) is 0 Å². The Labute approximate surface area is 226 Å². The molecule has 2 heterocycles. The molecule has 1 aromatic carbocycles. The van der Waals surface area contributed by atoms with Crippen molar-refractivity contribution in [1.82, 2.24) is 9.55 Å². The number of nitrogens with zero attached hydrogens (tertiary/aromatic N) is 1. The Morgan fingerprint density at radius 3 is 2.58 bits per heavy atom. The van der Waals surface area contributed by atoms with Gasteiger partial charge in [0.15, 0.2) is 17.9 Å². The van der Waals surface area contributed by atoms with Crippen LogP contribution >= 0.6 is 7.82 Å². The summed E-state index contributed by atoms with van der Waals surface area (Å²) in [6, 6.07) is 7.57. The summed E-state index contributed by atoms with van der Waals surface area (Å²) in [5.41, 5.74) is -5.34. The molecule has 6 atom stereocenters. The number of nitrogens with one attached hydrogen (secondary N) is 1. The molecule has 40 heavy (non-hydrogen) atoms. The molecule has 0 bridgehead atoms. The Bertz CT molecular complexity index is 1420. The van der Waals surface area contributed by atoms with Gasteiger partial charge in [0.05, 0.1) is 18.9 Å². The molecule has 1 unspecified atom stereocenters. The van der Waals surface area contributed by atoms with Crippen molar-refractivity contribution in [3.05, 3.63) is 63.2 Å². The van der Waals surface area contributed by atoms with E-state index in [0.717, 1.165) is 0 Å². The Kier molecular flexibility index (Phi) is 10.0. The first-order valence-electron chi connectivity index (χ1n) is 11.8. The average Bonchev–Trinajstić information content (AvgIpc) is 3.13. The second-order valence-corrected chi connectivity index (χ2v) is 10.3. The van der Waals surface area contributed by atoms with Gasteiger partial charge in [-0.15, -0.1) is 0 Å². The van der Waals surface area contributed by atoms with E-state index in [1.807, 2.05) is 11.8 Å². The van der Waals surface area contributed by atoms with Crippen LogP contribution < -0.4 is 15.8 Å². The van der Waals surface area contributed by atoms with Crippen molar-refractivity contribution in [2.24, 2.45) is 0 Å². The molecular weight excluding hydrogens is 561 g/mol. The number of hydrogen-bond acceptors (Lipinski definition) is 11. The number of H-pyrrole nitrogens is 1. The smallest absolute Gasteiger partial charge is 0.461 e. The van der Waals surface area contributed by atoms with Crippen LogP contribution in [0.25, 0.3) is 0 Å². The molecule has 1 saturated heterocycles. The van der Waals surface area contributed by atoms with Gasteiger partial charge in [0.2, 0.25) is 5.82 Å². The van der Waals surface area contributed by atoms with Gasteiger partial charge in [-0.05, 0) is 32.9 Å². The van der Waals surface area contributed by atoms with Gasteiger partial charge >= 0.3 is 19.5 Å². The minimum absolute atomic E-state index is 0.0154. The number of ether oxygens (including phenoxy) is 2. The van der Waals surface area contributed by atoms with Crippen LogP contribution in [0.1, 0.15) is 27.0 Å². The van der Waals surface area contributed by atoms with Crippen molar-refractivity contribution in [3.63, 3.8) is 0 Å². The second kappa shape index (κ2) is 12.9. The van der Waals surface area contributed by atoms with E-state index in [2.05, 4.69) is 0 Å². The van der Waals surface area contributed by atoms with Crippen LogP contribution in [0.15, 0.2) is 46.1 Å². The summed E-state index contributed by atoms with van der Waals surface area (Å²) in [6.07, 6.45) is -7.26. The fourth-order valence-electron chi connectivity index (χ4n) is 3.55. The summed E-state index contributed by atoms with van der Waals surface area (Å²) in [7, 11) is -4.70. The van der Waals surface area contributed by atoms with Crippen molar-refractivity contribution >= 4 is 13.8 Å². The molecule has 0 radical (unpaired) electrons. The fourth-order valence-corrected chi connectivity index (χ4v) is 4.88. The number of aromatic amines is 1. The largest absolute Gasteiger partial charge is 0.530 e. The average molecular weight is 588 g/mol. The summed E-state index contributed by atoms with van der Waals surface area (Å²) < 4.78 is 67.3. The lowest BCUT2D eigenvalue weighted by Gasteiger charge is -2.26. The lowest BCUT2D eigenvalue weighted by Crippen LogP contribution is -2.48. The fraction of sp³-hybridized carbons (Fsp3) is 0.458. The van der Waals surface area contributed by atoms with Crippen LogP contribution in [0.4, 0.5) is 8.78 Å². The molecule has 13 nitrogen and oxygen atoms in total. The number of carbonyl (C=O) groups is 1. The van der Waals surface area contributed by atoms with Gasteiger partial charge in [0, 0.05) is 0 Å². The van der Waals surface area contributed by atoms with Gasteiger partial charge in [-0.1, -0.05) is 30.0 Å². The predicted octanol–water partition coefficient (Wildman–Crippen LogP) is 1.20. The Balaban J connectivity index is 1.91. The van der Waals surface area contributed by atoms with E-state index in [1.54, 1.807) is 37.0 Å². The standard InChI is InChI=1S/C24H27F2N2O11P/c1-14(2)36-21(31)15(3)38-40(34,39-16-8-5-4-6-9-16)35-13-18-19(29)24(33,10-7-11-25)22(37-18)28-12-17(26)20(30)27-23(28)32/h4-6,8-9,12,14-15,18-19,22,29,33H,11,13H2,1-3H3,(H,27,30,32)/t15-,18+,19-,22+,24?,40-/m0/s1. The van der Waals surface area contributed by atoms with Crippen LogP contribution in [0.5, 0.6) is 5.75 Å². The van der Waals surface area contributed by atoms with E-state index in [4.69, 9.17) is 23.0 Å². The number of hydrogen-bond donors (Lipinski definition) is 3. The summed E-state index contributed by atoms with van der Waals surface area (Å²) >= 11 is 0. The predicted molar refractivity (Wildman–Crippen MR) is 132 cm³/mol. The zero-order chi connectivity index (χ0) is 29.7. The Hall–Kier alpha value is -3.38. The number of rotatable bonds is 10. The van der Waals surface area contributed by atoms with E-state index < -0.39 is 80.4 Å². The number of aliphatic hydroxyl groups is 2. The van der Waals surface area contributed by atoms with Gasteiger partial charge in [-0.25, -0.2) is 18.5 Å². The van der Waals surface area contributed by atoms with Crippen molar-refractivity contribution in [2.75, 3.05) is 13.3 Å². The highest BCUT2D eigenvalue weighted by Crippen LogP contribution is 2.51. The third-order valence-electron chi connectivity index (χ3n) is 5.34. The number of aliphatic hydroxyl groups excluding tert-OH is 1. The highest BCUT2D eigenvalue weighted by Gasteiger charge is 2.57. The summed E-state index contributed by atoms with van der Waals surface area (Å²) in [4.78, 5) is 37.7. The molecule has 0 aliphatic carbocycles. The van der Waals surface area contributed by atoms with Crippen molar-refractivity contribution in [2.45, 2.75) is 57.0 Å². The lowest BCUT2D eigenvalue weighted by molar-refractivity contribution is -0.156. The third-order valence-corrected chi connectivity index (χ3v) is 6.82. The molecule has 3 rings (SSSR count). The number of esters is 1. The number of benzene rings is 1. The number of alkyl halides is 1. The molecular formula is C24H27F2N2O11P. The minimum atomic E-state index is -4.70. The molecule has 0 amide bonds. The Morgan fingerprint density at radius 1 is 1.27 bits per heavy atom. The highest BCUT2D eigenvalue weighted by atomic mass is 31.2. The first-order valence-corrected chi connectivity index (χ1v) is 13.3. The molecule has 1 aliphatic heterocycles. The molecule has 0 spiro atoms. The monoisotopic (exact) mass is 588 g/mol. The van der Waals surface area contributed by atoms with Gasteiger partial charge in [-0.3, -0.25) is 23.4 Å². The lowest BCUT2D eigenvalue weighted by atomic mass is 9.94. The quantitative estimate of drug-likeness (QED) is 0.207.